The number of pyridine rings is 1. The normalized spacial score (nSPS) is 16.1. The molecule has 1 atom stereocenters. The number of likely N-dealkylation sites (tertiary alicyclic amines) is 1. The molecule has 2 aromatic heterocycles. The van der Waals surface area contributed by atoms with Crippen molar-refractivity contribution in [1.29, 1.82) is 0 Å². The Labute approximate surface area is 173 Å². The topological polar surface area (TPSA) is 82.8 Å². The van der Waals surface area contributed by atoms with E-state index in [1.54, 1.807) is 54.4 Å². The number of halogens is 1. The van der Waals surface area contributed by atoms with E-state index in [9.17, 15) is 14.0 Å². The molecule has 1 aromatic carbocycles. The fourth-order valence-electron chi connectivity index (χ4n) is 3.68. The number of hydrogen-bond acceptors (Lipinski definition) is 4. The van der Waals surface area contributed by atoms with Gasteiger partial charge in [-0.3, -0.25) is 9.20 Å². The van der Waals surface area contributed by atoms with Crippen molar-refractivity contribution in [3.05, 3.63) is 65.4 Å². The average Bonchev–Trinajstić information content (AvgIpc) is 3.37. The van der Waals surface area contributed by atoms with E-state index < -0.39 is 0 Å². The number of fused-ring (bicyclic) bond motifs is 1. The smallest absolute Gasteiger partial charge is 0.319 e. The van der Waals surface area contributed by atoms with Gasteiger partial charge < -0.3 is 15.1 Å². The Morgan fingerprint density at radius 2 is 2.07 bits per heavy atom. The van der Waals surface area contributed by atoms with Gasteiger partial charge in [-0.25, -0.2) is 9.18 Å². The van der Waals surface area contributed by atoms with Crippen molar-refractivity contribution in [1.82, 2.24) is 29.7 Å². The lowest BCUT2D eigenvalue weighted by atomic mass is 10.1. The van der Waals surface area contributed by atoms with E-state index in [-0.39, 0.29) is 30.2 Å². The molecule has 0 spiro atoms. The fourth-order valence-corrected chi connectivity index (χ4v) is 3.68. The summed E-state index contributed by atoms with van der Waals surface area (Å²) in [7, 11) is 3.47. The summed E-state index contributed by atoms with van der Waals surface area (Å²) in [4.78, 5) is 28.2. The highest BCUT2D eigenvalue weighted by Gasteiger charge is 2.31. The molecule has 4 rings (SSSR count). The van der Waals surface area contributed by atoms with Crippen molar-refractivity contribution in [3.8, 4) is 0 Å². The molecule has 1 N–H and O–H groups in total. The summed E-state index contributed by atoms with van der Waals surface area (Å²) >= 11 is 0. The van der Waals surface area contributed by atoms with Crippen LogP contribution in [-0.2, 0) is 6.54 Å². The van der Waals surface area contributed by atoms with Crippen molar-refractivity contribution in [2.75, 3.05) is 27.2 Å². The molecule has 1 fully saturated rings. The number of carbonyl (C=O) groups excluding carboxylic acids is 2. The quantitative estimate of drug-likeness (QED) is 0.715. The van der Waals surface area contributed by atoms with Crippen LogP contribution in [0.15, 0.2) is 42.6 Å². The minimum Gasteiger partial charge on any atom is -0.348 e. The molecule has 3 heterocycles. The van der Waals surface area contributed by atoms with Crippen molar-refractivity contribution in [2.45, 2.75) is 18.9 Å². The van der Waals surface area contributed by atoms with Gasteiger partial charge in [-0.15, -0.1) is 10.2 Å². The number of benzene rings is 1. The number of nitrogens with zero attached hydrogens (tertiary/aromatic N) is 5. The number of aromatic nitrogens is 3. The first-order valence-electron chi connectivity index (χ1n) is 9.76. The molecule has 1 saturated heterocycles. The lowest BCUT2D eigenvalue weighted by Gasteiger charge is -2.21. The molecule has 1 aliphatic rings. The Morgan fingerprint density at radius 3 is 2.83 bits per heavy atom. The van der Waals surface area contributed by atoms with Crippen molar-refractivity contribution < 1.29 is 14.0 Å². The van der Waals surface area contributed by atoms with E-state index in [0.717, 1.165) is 12.2 Å². The van der Waals surface area contributed by atoms with Gasteiger partial charge in [0.15, 0.2) is 5.65 Å². The number of nitrogens with one attached hydrogen (secondary N) is 1. The SMILES string of the molecule is CN(C)C(=O)N1CCC(c2nnc3ccc(C(=O)NCc4cccc(F)c4)cn23)C1. The first-order chi connectivity index (χ1) is 14.4. The van der Waals surface area contributed by atoms with E-state index in [0.29, 0.717) is 29.9 Å². The zero-order chi connectivity index (χ0) is 21.3. The van der Waals surface area contributed by atoms with Gasteiger partial charge in [0.1, 0.15) is 11.6 Å². The molecule has 8 nitrogen and oxygen atoms in total. The second-order valence-electron chi connectivity index (χ2n) is 7.63. The van der Waals surface area contributed by atoms with Gasteiger partial charge in [-0.05, 0) is 36.2 Å². The van der Waals surface area contributed by atoms with Gasteiger partial charge in [-0.1, -0.05) is 12.1 Å². The van der Waals surface area contributed by atoms with Crippen LogP contribution in [-0.4, -0.2) is 63.5 Å². The minimum atomic E-state index is -0.337. The van der Waals surface area contributed by atoms with Crippen molar-refractivity contribution in [3.63, 3.8) is 0 Å². The third-order valence-electron chi connectivity index (χ3n) is 5.24. The molecule has 0 radical (unpaired) electrons. The Kier molecular flexibility index (Phi) is 5.35. The predicted octanol–water partition coefficient (Wildman–Crippen LogP) is 2.27. The zero-order valence-corrected chi connectivity index (χ0v) is 16.9. The van der Waals surface area contributed by atoms with Crippen LogP contribution >= 0.6 is 0 Å². The summed E-state index contributed by atoms with van der Waals surface area (Å²) in [5.74, 6) is 0.181. The fraction of sp³-hybridized carbons (Fsp3) is 0.333. The van der Waals surface area contributed by atoms with E-state index in [4.69, 9.17) is 0 Å². The van der Waals surface area contributed by atoms with Crippen LogP contribution in [0.3, 0.4) is 0 Å². The van der Waals surface area contributed by atoms with Gasteiger partial charge in [-0.2, -0.15) is 0 Å². The summed E-state index contributed by atoms with van der Waals surface area (Å²) in [5, 5.41) is 11.3. The number of rotatable bonds is 4. The second-order valence-corrected chi connectivity index (χ2v) is 7.63. The van der Waals surface area contributed by atoms with Crippen LogP contribution in [0.4, 0.5) is 9.18 Å². The molecule has 30 heavy (non-hydrogen) atoms. The zero-order valence-electron chi connectivity index (χ0n) is 16.9. The summed E-state index contributed by atoms with van der Waals surface area (Å²) in [6, 6.07) is 9.52. The summed E-state index contributed by atoms with van der Waals surface area (Å²) in [5.41, 5.74) is 1.79. The van der Waals surface area contributed by atoms with Gasteiger partial charge in [0, 0.05) is 45.8 Å². The summed E-state index contributed by atoms with van der Waals surface area (Å²) in [6.45, 7) is 1.45. The Bertz CT molecular complexity index is 1100. The molecule has 156 valence electrons. The van der Waals surface area contributed by atoms with E-state index in [2.05, 4.69) is 15.5 Å². The maximum absolute atomic E-state index is 13.3. The van der Waals surface area contributed by atoms with Crippen LogP contribution in [0, 0.1) is 5.82 Å². The number of urea groups is 1. The molecule has 3 amide bonds. The van der Waals surface area contributed by atoms with Crippen molar-refractivity contribution in [2.24, 2.45) is 0 Å². The number of carbonyl (C=O) groups is 2. The monoisotopic (exact) mass is 410 g/mol. The molecule has 1 unspecified atom stereocenters. The Morgan fingerprint density at radius 1 is 1.23 bits per heavy atom. The molecule has 9 heteroatoms. The lowest BCUT2D eigenvalue weighted by Crippen LogP contribution is -2.37. The van der Waals surface area contributed by atoms with Gasteiger partial charge in [0.05, 0.1) is 5.56 Å². The highest BCUT2D eigenvalue weighted by atomic mass is 19.1. The molecule has 0 saturated carbocycles. The summed E-state index contributed by atoms with van der Waals surface area (Å²) in [6.07, 6.45) is 2.50. The van der Waals surface area contributed by atoms with E-state index in [1.165, 1.54) is 12.1 Å². The van der Waals surface area contributed by atoms with E-state index >= 15 is 0 Å². The first kappa shape index (κ1) is 19.8. The Hall–Kier alpha value is -3.49. The molecule has 1 aliphatic heterocycles. The van der Waals surface area contributed by atoms with Crippen LogP contribution in [0.25, 0.3) is 5.65 Å². The average molecular weight is 410 g/mol. The second kappa shape index (κ2) is 8.10. The summed E-state index contributed by atoms with van der Waals surface area (Å²) < 4.78 is 15.1. The molecular formula is C21H23FN6O2. The van der Waals surface area contributed by atoms with Gasteiger partial charge in [0.25, 0.3) is 5.91 Å². The van der Waals surface area contributed by atoms with Gasteiger partial charge >= 0.3 is 6.03 Å². The predicted molar refractivity (Wildman–Crippen MR) is 109 cm³/mol. The lowest BCUT2D eigenvalue weighted by molar-refractivity contribution is 0.0950. The maximum atomic E-state index is 13.3. The molecule has 0 bridgehead atoms. The van der Waals surface area contributed by atoms with Crippen LogP contribution in [0.2, 0.25) is 0 Å². The van der Waals surface area contributed by atoms with Crippen LogP contribution in [0.5, 0.6) is 0 Å². The third kappa shape index (κ3) is 3.96. The molecule has 0 aliphatic carbocycles. The minimum absolute atomic E-state index is 0.0243. The van der Waals surface area contributed by atoms with Crippen LogP contribution < -0.4 is 5.32 Å². The molecule has 3 aromatic rings. The largest absolute Gasteiger partial charge is 0.348 e. The maximum Gasteiger partial charge on any atom is 0.319 e. The van der Waals surface area contributed by atoms with Crippen LogP contribution in [0.1, 0.15) is 34.1 Å². The Balaban J connectivity index is 1.50. The van der Waals surface area contributed by atoms with Crippen molar-refractivity contribution >= 4 is 17.6 Å². The highest BCUT2D eigenvalue weighted by Crippen LogP contribution is 2.27. The van der Waals surface area contributed by atoms with E-state index in [1.807, 2.05) is 4.40 Å². The standard InChI is InChI=1S/C21H23FN6O2/c1-26(2)21(30)27-9-8-15(12-27)19-25-24-18-7-6-16(13-28(18)19)20(29)23-11-14-4-3-5-17(22)10-14/h3-7,10,13,15H,8-9,11-12H2,1-2H3,(H,23,29). The highest BCUT2D eigenvalue weighted by molar-refractivity contribution is 5.94. The number of amides is 3. The first-order valence-corrected chi connectivity index (χ1v) is 9.76. The van der Waals surface area contributed by atoms with Gasteiger partial charge in [0.2, 0.25) is 0 Å². The third-order valence-corrected chi connectivity index (χ3v) is 5.24. The number of hydrogen-bond donors (Lipinski definition) is 1. The molecular weight excluding hydrogens is 387 g/mol.